The van der Waals surface area contributed by atoms with Gasteiger partial charge in [-0.1, -0.05) is 54.0 Å². The summed E-state index contributed by atoms with van der Waals surface area (Å²) in [6.45, 7) is 3.88. The molecule has 2 amide bonds. The maximum atomic E-state index is 12.6. The highest BCUT2D eigenvalue weighted by atomic mass is 35.5. The predicted molar refractivity (Wildman–Crippen MR) is 129 cm³/mol. The van der Waals surface area contributed by atoms with E-state index in [2.05, 4.69) is 27.8 Å². The number of halogens is 2. The Morgan fingerprint density at radius 1 is 1.12 bits per heavy atom. The van der Waals surface area contributed by atoms with Gasteiger partial charge >= 0.3 is 0 Å². The van der Waals surface area contributed by atoms with E-state index in [1.54, 1.807) is 30.7 Å². The van der Waals surface area contributed by atoms with Crippen molar-refractivity contribution in [2.75, 3.05) is 11.1 Å². The molecule has 0 aliphatic rings. The van der Waals surface area contributed by atoms with Gasteiger partial charge in [0.2, 0.25) is 5.91 Å². The Morgan fingerprint density at radius 3 is 2.50 bits per heavy atom. The van der Waals surface area contributed by atoms with Crippen LogP contribution in [0, 0.1) is 0 Å². The lowest BCUT2D eigenvalue weighted by atomic mass is 10.1. The fraction of sp³-hybridized carbons (Fsp3) is 0.273. The van der Waals surface area contributed by atoms with Gasteiger partial charge in [-0.05, 0) is 49.2 Å². The van der Waals surface area contributed by atoms with E-state index in [1.165, 1.54) is 23.4 Å². The zero-order valence-corrected chi connectivity index (χ0v) is 20.2. The van der Waals surface area contributed by atoms with Crippen LogP contribution in [0.15, 0.2) is 47.6 Å². The third kappa shape index (κ3) is 6.03. The molecule has 1 heterocycles. The van der Waals surface area contributed by atoms with E-state index in [0.29, 0.717) is 21.6 Å². The second-order valence-corrected chi connectivity index (χ2v) is 8.89. The highest BCUT2D eigenvalue weighted by molar-refractivity contribution is 7.99. The number of carbonyl (C=O) groups excluding carboxylic acids is 2. The van der Waals surface area contributed by atoms with Crippen molar-refractivity contribution in [1.82, 2.24) is 20.1 Å². The van der Waals surface area contributed by atoms with Gasteiger partial charge in [0.15, 0.2) is 11.0 Å². The molecule has 0 bridgehead atoms. The zero-order valence-electron chi connectivity index (χ0n) is 17.9. The third-order valence-electron chi connectivity index (χ3n) is 4.76. The van der Waals surface area contributed by atoms with Crippen LogP contribution in [0.5, 0.6) is 0 Å². The monoisotopic (exact) mass is 491 g/mol. The van der Waals surface area contributed by atoms with Gasteiger partial charge in [-0.25, -0.2) is 0 Å². The molecule has 0 radical (unpaired) electrons. The smallest absolute Gasteiger partial charge is 0.253 e. The number of thioether (sulfide) groups is 1. The molecule has 32 heavy (non-hydrogen) atoms. The molecule has 0 spiro atoms. The number of anilines is 1. The summed E-state index contributed by atoms with van der Waals surface area (Å²) in [7, 11) is 1.79. The summed E-state index contributed by atoms with van der Waals surface area (Å²) in [5.74, 6) is 0.261. The summed E-state index contributed by atoms with van der Waals surface area (Å²) in [5, 5.41) is 15.3. The van der Waals surface area contributed by atoms with E-state index in [9.17, 15) is 9.59 Å². The predicted octanol–water partition coefficient (Wildman–Crippen LogP) is 4.91. The number of amides is 2. The molecule has 0 unspecified atom stereocenters. The molecule has 0 fully saturated rings. The molecule has 1 aromatic heterocycles. The Bertz CT molecular complexity index is 1120. The molecule has 168 valence electrons. The van der Waals surface area contributed by atoms with Crippen molar-refractivity contribution in [3.8, 4) is 0 Å². The van der Waals surface area contributed by atoms with E-state index in [0.717, 1.165) is 12.1 Å². The van der Waals surface area contributed by atoms with E-state index < -0.39 is 6.04 Å². The van der Waals surface area contributed by atoms with Crippen molar-refractivity contribution in [1.29, 1.82) is 0 Å². The minimum atomic E-state index is -0.424. The first-order valence-corrected chi connectivity index (χ1v) is 11.7. The van der Waals surface area contributed by atoms with Crippen molar-refractivity contribution in [3.63, 3.8) is 0 Å². The Kier molecular flexibility index (Phi) is 8.17. The van der Waals surface area contributed by atoms with Gasteiger partial charge in [0.1, 0.15) is 0 Å². The number of aryl methyl sites for hydroxylation is 1. The van der Waals surface area contributed by atoms with Gasteiger partial charge in [0.25, 0.3) is 5.91 Å². The lowest BCUT2D eigenvalue weighted by Gasteiger charge is -2.14. The molecule has 3 rings (SSSR count). The highest BCUT2D eigenvalue weighted by Crippen LogP contribution is 2.23. The molecule has 1 atom stereocenters. The maximum absolute atomic E-state index is 12.6. The topological polar surface area (TPSA) is 88.9 Å². The van der Waals surface area contributed by atoms with Crippen molar-refractivity contribution in [3.05, 3.63) is 69.5 Å². The van der Waals surface area contributed by atoms with Gasteiger partial charge in [-0.15, -0.1) is 10.2 Å². The summed E-state index contributed by atoms with van der Waals surface area (Å²) in [4.78, 5) is 24.8. The summed E-state index contributed by atoms with van der Waals surface area (Å²) < 4.78 is 1.75. The first-order valence-electron chi connectivity index (χ1n) is 9.95. The fourth-order valence-electron chi connectivity index (χ4n) is 2.99. The van der Waals surface area contributed by atoms with Crippen LogP contribution >= 0.6 is 35.0 Å². The first-order chi connectivity index (χ1) is 15.3. The van der Waals surface area contributed by atoms with Crippen LogP contribution in [0.4, 0.5) is 5.69 Å². The van der Waals surface area contributed by atoms with Crippen molar-refractivity contribution < 1.29 is 9.59 Å². The number of rotatable bonds is 8. The summed E-state index contributed by atoms with van der Waals surface area (Å²) in [6.07, 6.45) is 0.949. The standard InChI is InChI=1S/C22H23Cl2N5O2S/c1-4-14-5-8-16(9-6-14)26-19(30)12-32-22-28-27-20(29(22)3)13(2)25-21(31)17-10-7-15(23)11-18(17)24/h5-11,13H,4,12H2,1-3H3,(H,25,31)(H,26,30)/t13-/m0/s1. The molecule has 7 nitrogen and oxygen atoms in total. The summed E-state index contributed by atoms with van der Waals surface area (Å²) in [6, 6.07) is 12.0. The normalized spacial score (nSPS) is 11.8. The molecule has 2 aromatic carbocycles. The molecule has 10 heteroatoms. The number of hydrogen-bond donors (Lipinski definition) is 2. The number of carbonyl (C=O) groups is 2. The summed E-state index contributed by atoms with van der Waals surface area (Å²) >= 11 is 13.3. The Balaban J connectivity index is 1.57. The average Bonchev–Trinajstić information content (AvgIpc) is 3.13. The molecule has 2 N–H and O–H groups in total. The van der Waals surface area contributed by atoms with Crippen LogP contribution in [0.1, 0.15) is 41.6 Å². The van der Waals surface area contributed by atoms with Crippen LogP contribution in [-0.2, 0) is 18.3 Å². The van der Waals surface area contributed by atoms with Crippen LogP contribution in [0.25, 0.3) is 0 Å². The number of hydrogen-bond acceptors (Lipinski definition) is 5. The van der Waals surface area contributed by atoms with Crippen molar-refractivity contribution in [2.24, 2.45) is 7.05 Å². The van der Waals surface area contributed by atoms with Crippen molar-refractivity contribution in [2.45, 2.75) is 31.5 Å². The molecule has 0 saturated carbocycles. The minimum Gasteiger partial charge on any atom is -0.342 e. The quantitative estimate of drug-likeness (QED) is 0.437. The lowest BCUT2D eigenvalue weighted by molar-refractivity contribution is -0.113. The first kappa shape index (κ1) is 24.1. The average molecular weight is 492 g/mol. The number of nitrogens with one attached hydrogen (secondary N) is 2. The van der Waals surface area contributed by atoms with Crippen LogP contribution in [-0.4, -0.2) is 32.3 Å². The third-order valence-corrected chi connectivity index (χ3v) is 6.33. The molecule has 3 aromatic rings. The Hall–Kier alpha value is -2.55. The summed E-state index contributed by atoms with van der Waals surface area (Å²) in [5.41, 5.74) is 2.29. The molecular formula is C22H23Cl2N5O2S. The van der Waals surface area contributed by atoms with Gasteiger partial charge in [-0.2, -0.15) is 0 Å². The number of benzene rings is 2. The van der Waals surface area contributed by atoms with Gasteiger partial charge < -0.3 is 15.2 Å². The lowest BCUT2D eigenvalue weighted by Crippen LogP contribution is -2.28. The largest absolute Gasteiger partial charge is 0.342 e. The van der Waals surface area contributed by atoms with Gasteiger partial charge in [0.05, 0.1) is 22.4 Å². The van der Waals surface area contributed by atoms with Crippen LogP contribution in [0.3, 0.4) is 0 Å². The SMILES string of the molecule is CCc1ccc(NC(=O)CSc2nnc([C@H](C)NC(=O)c3ccc(Cl)cc3Cl)n2C)cc1. The fourth-order valence-corrected chi connectivity index (χ4v) is 4.20. The van der Waals surface area contributed by atoms with Gasteiger partial charge in [0, 0.05) is 17.8 Å². The zero-order chi connectivity index (χ0) is 23.3. The molecule has 0 aliphatic heterocycles. The van der Waals surface area contributed by atoms with E-state index >= 15 is 0 Å². The minimum absolute atomic E-state index is 0.137. The van der Waals surface area contributed by atoms with Gasteiger partial charge in [-0.3, -0.25) is 9.59 Å². The van der Waals surface area contributed by atoms with E-state index in [4.69, 9.17) is 23.2 Å². The Morgan fingerprint density at radius 2 is 1.84 bits per heavy atom. The molecule has 0 saturated heterocycles. The second kappa shape index (κ2) is 10.8. The molecular weight excluding hydrogens is 469 g/mol. The second-order valence-electron chi connectivity index (χ2n) is 7.11. The maximum Gasteiger partial charge on any atom is 0.253 e. The number of nitrogens with zero attached hydrogens (tertiary/aromatic N) is 3. The molecule has 0 aliphatic carbocycles. The van der Waals surface area contributed by atoms with Crippen molar-refractivity contribution >= 4 is 52.5 Å². The van der Waals surface area contributed by atoms with Crippen LogP contribution in [0.2, 0.25) is 10.0 Å². The Labute approximate surface area is 200 Å². The number of aromatic nitrogens is 3. The van der Waals surface area contributed by atoms with Crippen LogP contribution < -0.4 is 10.6 Å². The van der Waals surface area contributed by atoms with E-state index in [1.807, 2.05) is 24.3 Å². The highest BCUT2D eigenvalue weighted by Gasteiger charge is 2.20. The van der Waals surface area contributed by atoms with E-state index in [-0.39, 0.29) is 22.6 Å².